The van der Waals surface area contributed by atoms with E-state index < -0.39 is 11.5 Å². The summed E-state index contributed by atoms with van der Waals surface area (Å²) in [5.74, 6) is -0.584. The number of fused-ring (bicyclic) bond motifs is 1. The predicted octanol–water partition coefficient (Wildman–Crippen LogP) is 1.44. The maximum Gasteiger partial charge on any atom is 0.306 e. The highest BCUT2D eigenvalue weighted by molar-refractivity contribution is 6.06. The van der Waals surface area contributed by atoms with Gasteiger partial charge in [0.2, 0.25) is 0 Å². The van der Waals surface area contributed by atoms with Crippen LogP contribution in [0.2, 0.25) is 0 Å². The Kier molecular flexibility index (Phi) is 3.68. The molecule has 5 nitrogen and oxygen atoms in total. The Bertz CT molecular complexity index is 514. The molecule has 0 saturated carbocycles. The molecule has 0 saturated heterocycles. The van der Waals surface area contributed by atoms with E-state index in [2.05, 4.69) is 0 Å². The first-order chi connectivity index (χ1) is 9.04. The number of rotatable bonds is 4. The van der Waals surface area contributed by atoms with Gasteiger partial charge in [-0.2, -0.15) is 5.48 Å². The molecule has 102 valence electrons. The van der Waals surface area contributed by atoms with E-state index in [-0.39, 0.29) is 18.2 Å². The van der Waals surface area contributed by atoms with Gasteiger partial charge in [0.1, 0.15) is 6.04 Å². The molecule has 1 aromatic rings. The highest BCUT2D eigenvalue weighted by atomic mass is 16.5. The molecule has 1 aromatic carbocycles. The van der Waals surface area contributed by atoms with Crippen molar-refractivity contribution in [2.45, 2.75) is 31.7 Å². The molecule has 0 aromatic heterocycles. The lowest BCUT2D eigenvalue weighted by Crippen LogP contribution is -2.46. The van der Waals surface area contributed by atoms with Crippen LogP contribution in [0.3, 0.4) is 0 Å². The van der Waals surface area contributed by atoms with Gasteiger partial charge in [-0.15, -0.1) is 0 Å². The molecule has 2 rings (SSSR count). The Morgan fingerprint density at radius 1 is 1.47 bits per heavy atom. The number of hydrogen-bond acceptors (Lipinski definition) is 5. The maximum absolute atomic E-state index is 12.2. The first-order valence-electron chi connectivity index (χ1n) is 6.23. The summed E-state index contributed by atoms with van der Waals surface area (Å²) in [5.41, 5.74) is 2.55. The summed E-state index contributed by atoms with van der Waals surface area (Å²) in [4.78, 5) is 23.9. The van der Waals surface area contributed by atoms with Crippen LogP contribution in [-0.4, -0.2) is 29.6 Å². The molecule has 5 heteroatoms. The summed E-state index contributed by atoms with van der Waals surface area (Å²) in [6.07, 6.45) is 0.0435. The molecule has 0 fully saturated rings. The van der Waals surface area contributed by atoms with Crippen molar-refractivity contribution in [2.75, 3.05) is 6.61 Å². The number of nitrogens with one attached hydrogen (secondary N) is 1. The molecule has 19 heavy (non-hydrogen) atoms. The van der Waals surface area contributed by atoms with Gasteiger partial charge >= 0.3 is 5.97 Å². The zero-order valence-electron chi connectivity index (χ0n) is 11.0. The molecule has 2 unspecified atom stereocenters. The molecule has 1 aliphatic carbocycles. The van der Waals surface area contributed by atoms with Crippen molar-refractivity contribution in [1.29, 1.82) is 0 Å². The number of Topliss-reactive ketones (excluding diaryl/α,β-unsaturated/α-hetero) is 1. The van der Waals surface area contributed by atoms with Crippen molar-refractivity contribution < 1.29 is 19.5 Å². The fourth-order valence-electron chi connectivity index (χ4n) is 2.71. The quantitative estimate of drug-likeness (QED) is 0.635. The topological polar surface area (TPSA) is 75.6 Å². The molecule has 0 radical (unpaired) electrons. The fourth-order valence-corrected chi connectivity index (χ4v) is 2.71. The van der Waals surface area contributed by atoms with Gasteiger partial charge in [-0.3, -0.25) is 9.59 Å². The van der Waals surface area contributed by atoms with Crippen molar-refractivity contribution >= 4 is 11.8 Å². The van der Waals surface area contributed by atoms with E-state index in [9.17, 15) is 14.8 Å². The average Bonchev–Trinajstić information content (AvgIpc) is 2.59. The summed E-state index contributed by atoms with van der Waals surface area (Å²) < 4.78 is 4.95. The van der Waals surface area contributed by atoms with E-state index >= 15 is 0 Å². The van der Waals surface area contributed by atoms with Crippen molar-refractivity contribution in [3.63, 3.8) is 0 Å². The maximum atomic E-state index is 12.2. The van der Waals surface area contributed by atoms with Crippen LogP contribution in [0.5, 0.6) is 0 Å². The minimum Gasteiger partial charge on any atom is -0.466 e. The Morgan fingerprint density at radius 3 is 2.79 bits per heavy atom. The summed E-state index contributed by atoms with van der Waals surface area (Å²) in [7, 11) is 0. The third-order valence-corrected chi connectivity index (χ3v) is 3.65. The average molecular weight is 263 g/mol. The van der Waals surface area contributed by atoms with Crippen LogP contribution in [0, 0.1) is 0 Å². The second-order valence-electron chi connectivity index (χ2n) is 4.87. The van der Waals surface area contributed by atoms with E-state index in [0.717, 1.165) is 5.56 Å². The number of hydrogen-bond donors (Lipinski definition) is 2. The van der Waals surface area contributed by atoms with Crippen LogP contribution in [-0.2, 0) is 14.9 Å². The largest absolute Gasteiger partial charge is 0.466 e. The summed E-state index contributed by atoms with van der Waals surface area (Å²) in [6.45, 7) is 3.80. The van der Waals surface area contributed by atoms with Crippen LogP contribution < -0.4 is 5.48 Å². The Morgan fingerprint density at radius 2 is 2.16 bits per heavy atom. The SMILES string of the molecule is CCOC(=O)CC1(C)c2ccccc2C(=O)C1NO. The van der Waals surface area contributed by atoms with Crippen LogP contribution >= 0.6 is 0 Å². The third kappa shape index (κ3) is 2.15. The van der Waals surface area contributed by atoms with Crippen LogP contribution in [0.1, 0.15) is 36.2 Å². The van der Waals surface area contributed by atoms with Gasteiger partial charge in [0.15, 0.2) is 5.78 Å². The Balaban J connectivity index is 2.41. The van der Waals surface area contributed by atoms with Crippen molar-refractivity contribution in [3.05, 3.63) is 35.4 Å². The van der Waals surface area contributed by atoms with E-state index in [1.165, 1.54) is 0 Å². The molecule has 2 atom stereocenters. The van der Waals surface area contributed by atoms with Crippen LogP contribution in [0.25, 0.3) is 0 Å². The van der Waals surface area contributed by atoms with Gasteiger partial charge < -0.3 is 9.94 Å². The van der Waals surface area contributed by atoms with E-state index in [4.69, 9.17) is 4.74 Å². The third-order valence-electron chi connectivity index (χ3n) is 3.65. The van der Waals surface area contributed by atoms with Gasteiger partial charge in [-0.25, -0.2) is 0 Å². The number of ether oxygens (including phenoxy) is 1. The smallest absolute Gasteiger partial charge is 0.306 e. The number of carbonyl (C=O) groups excluding carboxylic acids is 2. The Hall–Kier alpha value is -1.72. The second kappa shape index (κ2) is 5.11. The highest BCUT2D eigenvalue weighted by Crippen LogP contribution is 2.41. The lowest BCUT2D eigenvalue weighted by Gasteiger charge is -2.29. The summed E-state index contributed by atoms with van der Waals surface area (Å²) >= 11 is 0. The molecular formula is C14H17NO4. The van der Waals surface area contributed by atoms with Gasteiger partial charge in [0.05, 0.1) is 13.0 Å². The van der Waals surface area contributed by atoms with E-state index in [0.29, 0.717) is 12.2 Å². The van der Waals surface area contributed by atoms with Crippen molar-refractivity contribution in [3.8, 4) is 0 Å². The van der Waals surface area contributed by atoms with Crippen LogP contribution in [0.15, 0.2) is 24.3 Å². The predicted molar refractivity (Wildman–Crippen MR) is 68.1 cm³/mol. The lowest BCUT2D eigenvalue weighted by molar-refractivity contribution is -0.144. The number of benzene rings is 1. The molecule has 0 spiro atoms. The molecule has 0 heterocycles. The first-order valence-corrected chi connectivity index (χ1v) is 6.23. The minimum absolute atomic E-state index is 0.0435. The molecule has 0 amide bonds. The molecular weight excluding hydrogens is 246 g/mol. The lowest BCUT2D eigenvalue weighted by atomic mass is 9.78. The molecule has 2 N–H and O–H groups in total. The van der Waals surface area contributed by atoms with Crippen molar-refractivity contribution in [2.24, 2.45) is 0 Å². The zero-order chi connectivity index (χ0) is 14.0. The monoisotopic (exact) mass is 263 g/mol. The van der Waals surface area contributed by atoms with E-state index in [1.807, 2.05) is 17.6 Å². The van der Waals surface area contributed by atoms with Gasteiger partial charge in [0, 0.05) is 11.0 Å². The molecule has 0 aliphatic heterocycles. The van der Waals surface area contributed by atoms with E-state index in [1.54, 1.807) is 26.0 Å². The van der Waals surface area contributed by atoms with Gasteiger partial charge in [-0.1, -0.05) is 31.2 Å². The van der Waals surface area contributed by atoms with Crippen molar-refractivity contribution in [1.82, 2.24) is 5.48 Å². The number of carbonyl (C=O) groups is 2. The standard InChI is InChI=1S/C14H17NO4/c1-3-19-11(16)8-14(2)10-7-5-4-6-9(10)12(17)13(14)15-18/h4-7,13,15,18H,3,8H2,1-2H3. The van der Waals surface area contributed by atoms with Gasteiger partial charge in [-0.05, 0) is 12.5 Å². The molecule has 0 bridgehead atoms. The summed E-state index contributed by atoms with van der Waals surface area (Å²) in [6, 6.07) is 6.27. The summed E-state index contributed by atoms with van der Waals surface area (Å²) in [5, 5.41) is 9.26. The number of ketones is 1. The number of hydroxylamine groups is 1. The van der Waals surface area contributed by atoms with Gasteiger partial charge in [0.25, 0.3) is 0 Å². The number of esters is 1. The fraction of sp³-hybridized carbons (Fsp3) is 0.429. The minimum atomic E-state index is -0.825. The highest BCUT2D eigenvalue weighted by Gasteiger charge is 2.50. The zero-order valence-corrected chi connectivity index (χ0v) is 11.0. The second-order valence-corrected chi connectivity index (χ2v) is 4.87. The first kappa shape index (κ1) is 13.7. The normalized spacial score (nSPS) is 25.2. The van der Waals surface area contributed by atoms with Crippen LogP contribution in [0.4, 0.5) is 0 Å². The molecule has 1 aliphatic rings. The Labute approximate surface area is 111 Å².